The first-order valence-corrected chi connectivity index (χ1v) is 10.2. The van der Waals surface area contributed by atoms with Gasteiger partial charge in [0, 0.05) is 14.1 Å². The topological polar surface area (TPSA) is 95.4 Å². The van der Waals surface area contributed by atoms with Crippen LogP contribution in [0.1, 0.15) is 18.1 Å². The van der Waals surface area contributed by atoms with E-state index in [9.17, 15) is 9.59 Å². The van der Waals surface area contributed by atoms with E-state index < -0.39 is 11.2 Å². The molecule has 9 heteroatoms. The molecule has 2 aromatic carbocycles. The van der Waals surface area contributed by atoms with Crippen LogP contribution in [-0.2, 0) is 20.6 Å². The molecule has 0 unspecified atom stereocenters. The molecule has 0 amide bonds. The highest BCUT2D eigenvalue weighted by Gasteiger charge is 2.19. The molecular formula is C23H24N6O3. The number of aromatic nitrogens is 4. The van der Waals surface area contributed by atoms with Gasteiger partial charge in [-0.3, -0.25) is 18.5 Å². The van der Waals surface area contributed by atoms with E-state index in [1.54, 1.807) is 17.8 Å². The van der Waals surface area contributed by atoms with Gasteiger partial charge in [0.25, 0.3) is 5.56 Å². The summed E-state index contributed by atoms with van der Waals surface area (Å²) in [4.78, 5) is 29.8. The Morgan fingerprint density at radius 3 is 2.44 bits per heavy atom. The number of hydrogen-bond acceptors (Lipinski definition) is 6. The first-order valence-electron chi connectivity index (χ1n) is 10.2. The Morgan fingerprint density at radius 1 is 1.03 bits per heavy atom. The lowest BCUT2D eigenvalue weighted by atomic mass is 10.2. The maximum atomic E-state index is 12.9. The van der Waals surface area contributed by atoms with Crippen LogP contribution in [0.25, 0.3) is 11.2 Å². The molecule has 0 aliphatic carbocycles. The fourth-order valence-corrected chi connectivity index (χ4v) is 3.43. The molecule has 4 rings (SSSR count). The fraction of sp³-hybridized carbons (Fsp3) is 0.217. The molecule has 164 valence electrons. The first kappa shape index (κ1) is 21.1. The SMILES string of the molecule is CCOc1ccc(C=NNc2nc3c(c(=O)n(C)c(=O)n3C)n2Cc2ccccc2)cc1. The summed E-state index contributed by atoms with van der Waals surface area (Å²) in [5.74, 6) is 1.16. The molecule has 0 saturated heterocycles. The number of rotatable bonds is 7. The Balaban J connectivity index is 1.73. The molecule has 0 radical (unpaired) electrons. The number of hydrogen-bond donors (Lipinski definition) is 1. The number of imidazole rings is 1. The highest BCUT2D eigenvalue weighted by molar-refractivity contribution is 5.80. The van der Waals surface area contributed by atoms with Crippen LogP contribution in [-0.4, -0.2) is 31.5 Å². The summed E-state index contributed by atoms with van der Waals surface area (Å²) < 4.78 is 9.63. The third-order valence-corrected chi connectivity index (χ3v) is 5.10. The number of hydrazone groups is 1. The van der Waals surface area contributed by atoms with Crippen molar-refractivity contribution in [2.24, 2.45) is 19.2 Å². The van der Waals surface area contributed by atoms with Gasteiger partial charge in [0.1, 0.15) is 5.75 Å². The van der Waals surface area contributed by atoms with Crippen LogP contribution >= 0.6 is 0 Å². The molecule has 0 aliphatic heterocycles. The third-order valence-electron chi connectivity index (χ3n) is 5.10. The molecule has 9 nitrogen and oxygen atoms in total. The average Bonchev–Trinajstić information content (AvgIpc) is 3.16. The summed E-state index contributed by atoms with van der Waals surface area (Å²) in [6, 6.07) is 17.2. The Labute approximate surface area is 184 Å². The van der Waals surface area contributed by atoms with Crippen molar-refractivity contribution in [1.82, 2.24) is 18.7 Å². The quantitative estimate of drug-likeness (QED) is 0.357. The lowest BCUT2D eigenvalue weighted by Gasteiger charge is -2.09. The maximum Gasteiger partial charge on any atom is 0.332 e. The van der Waals surface area contributed by atoms with E-state index in [0.717, 1.165) is 21.4 Å². The first-order chi connectivity index (χ1) is 15.5. The van der Waals surface area contributed by atoms with Gasteiger partial charge in [0.05, 0.1) is 19.4 Å². The van der Waals surface area contributed by atoms with Crippen molar-refractivity contribution >= 4 is 23.3 Å². The normalized spacial score (nSPS) is 11.3. The standard InChI is InChI=1S/C23H24N6O3/c1-4-32-18-12-10-16(11-13-18)14-24-26-22-25-20-19(21(30)28(3)23(31)27(20)2)29(22)15-17-8-6-5-7-9-17/h5-14H,4,15H2,1-3H3,(H,25,26). The van der Waals surface area contributed by atoms with Gasteiger partial charge in [-0.05, 0) is 42.3 Å². The van der Waals surface area contributed by atoms with Gasteiger partial charge >= 0.3 is 5.69 Å². The summed E-state index contributed by atoms with van der Waals surface area (Å²) >= 11 is 0. The van der Waals surface area contributed by atoms with E-state index in [0.29, 0.717) is 30.3 Å². The molecule has 0 fully saturated rings. The zero-order valence-electron chi connectivity index (χ0n) is 18.1. The van der Waals surface area contributed by atoms with Gasteiger partial charge in [0.15, 0.2) is 11.2 Å². The molecular weight excluding hydrogens is 408 g/mol. The van der Waals surface area contributed by atoms with E-state index >= 15 is 0 Å². The highest BCUT2D eigenvalue weighted by Crippen LogP contribution is 2.18. The van der Waals surface area contributed by atoms with E-state index in [1.165, 1.54) is 11.6 Å². The van der Waals surface area contributed by atoms with Gasteiger partial charge in [0.2, 0.25) is 5.95 Å². The minimum Gasteiger partial charge on any atom is -0.494 e. The second-order valence-electron chi connectivity index (χ2n) is 7.26. The zero-order chi connectivity index (χ0) is 22.7. The molecule has 0 aliphatic rings. The monoisotopic (exact) mass is 432 g/mol. The smallest absolute Gasteiger partial charge is 0.332 e. The maximum absolute atomic E-state index is 12.9. The number of benzene rings is 2. The predicted octanol–water partition coefficient (Wildman–Crippen LogP) is 2.33. The number of aryl methyl sites for hydroxylation is 1. The Kier molecular flexibility index (Phi) is 5.89. The van der Waals surface area contributed by atoms with Crippen molar-refractivity contribution in [3.8, 4) is 5.75 Å². The Morgan fingerprint density at radius 2 is 1.75 bits per heavy atom. The molecule has 2 heterocycles. The van der Waals surface area contributed by atoms with Crippen molar-refractivity contribution in [3.05, 3.63) is 86.6 Å². The van der Waals surface area contributed by atoms with Gasteiger partial charge < -0.3 is 4.74 Å². The van der Waals surface area contributed by atoms with Gasteiger partial charge in [-0.2, -0.15) is 10.1 Å². The van der Waals surface area contributed by atoms with E-state index in [4.69, 9.17) is 4.74 Å². The lowest BCUT2D eigenvalue weighted by Crippen LogP contribution is -2.37. The third kappa shape index (κ3) is 4.04. The van der Waals surface area contributed by atoms with Crippen LogP contribution < -0.4 is 21.4 Å². The van der Waals surface area contributed by atoms with E-state index in [-0.39, 0.29) is 0 Å². The summed E-state index contributed by atoms with van der Waals surface area (Å²) in [5.41, 5.74) is 4.58. The molecule has 0 bridgehead atoms. The molecule has 0 saturated carbocycles. The Bertz CT molecular complexity index is 1380. The predicted molar refractivity (Wildman–Crippen MR) is 125 cm³/mol. The molecule has 0 spiro atoms. The molecule has 0 atom stereocenters. The summed E-state index contributed by atoms with van der Waals surface area (Å²) in [6.07, 6.45) is 1.65. The summed E-state index contributed by atoms with van der Waals surface area (Å²) in [7, 11) is 3.05. The number of nitrogens with one attached hydrogen (secondary N) is 1. The minimum atomic E-state index is -0.434. The van der Waals surface area contributed by atoms with Crippen molar-refractivity contribution < 1.29 is 4.74 Å². The van der Waals surface area contributed by atoms with Crippen LogP contribution in [0.3, 0.4) is 0 Å². The molecule has 32 heavy (non-hydrogen) atoms. The minimum absolute atomic E-state index is 0.299. The highest BCUT2D eigenvalue weighted by atomic mass is 16.5. The number of fused-ring (bicyclic) bond motifs is 1. The van der Waals surface area contributed by atoms with E-state index in [1.807, 2.05) is 61.5 Å². The second kappa shape index (κ2) is 8.93. The summed E-state index contributed by atoms with van der Waals surface area (Å²) in [6.45, 7) is 2.93. The van der Waals surface area contributed by atoms with E-state index in [2.05, 4.69) is 15.5 Å². The Hall–Kier alpha value is -4.14. The second-order valence-corrected chi connectivity index (χ2v) is 7.26. The molecule has 4 aromatic rings. The van der Waals surface area contributed by atoms with Crippen LogP contribution in [0, 0.1) is 0 Å². The lowest BCUT2D eigenvalue weighted by molar-refractivity contribution is 0.340. The van der Waals surface area contributed by atoms with Crippen LogP contribution in [0.15, 0.2) is 69.3 Å². The molecule has 1 N–H and O–H groups in total. The van der Waals surface area contributed by atoms with Crippen LogP contribution in [0.2, 0.25) is 0 Å². The van der Waals surface area contributed by atoms with Crippen LogP contribution in [0.5, 0.6) is 5.75 Å². The fourth-order valence-electron chi connectivity index (χ4n) is 3.43. The van der Waals surface area contributed by atoms with Crippen molar-refractivity contribution in [2.75, 3.05) is 12.0 Å². The number of anilines is 1. The van der Waals surface area contributed by atoms with Gasteiger partial charge in [-0.25, -0.2) is 10.2 Å². The zero-order valence-corrected chi connectivity index (χ0v) is 18.1. The summed E-state index contributed by atoms with van der Waals surface area (Å²) in [5, 5.41) is 4.29. The van der Waals surface area contributed by atoms with Gasteiger partial charge in [-0.1, -0.05) is 30.3 Å². The average molecular weight is 432 g/mol. The van der Waals surface area contributed by atoms with Crippen molar-refractivity contribution in [1.29, 1.82) is 0 Å². The molecule has 2 aromatic heterocycles. The largest absolute Gasteiger partial charge is 0.494 e. The number of ether oxygens (including phenoxy) is 1. The number of nitrogens with zero attached hydrogens (tertiary/aromatic N) is 5. The van der Waals surface area contributed by atoms with Crippen molar-refractivity contribution in [3.63, 3.8) is 0 Å². The van der Waals surface area contributed by atoms with Crippen LogP contribution in [0.4, 0.5) is 5.95 Å². The van der Waals surface area contributed by atoms with Gasteiger partial charge in [-0.15, -0.1) is 0 Å². The van der Waals surface area contributed by atoms with Crippen molar-refractivity contribution in [2.45, 2.75) is 13.5 Å².